The van der Waals surface area contributed by atoms with E-state index < -0.39 is 0 Å². The van der Waals surface area contributed by atoms with E-state index in [4.69, 9.17) is 4.98 Å². The topological polar surface area (TPSA) is 25.8 Å². The van der Waals surface area contributed by atoms with Crippen molar-refractivity contribution in [3.63, 3.8) is 0 Å². The maximum atomic E-state index is 4.73. The number of hydrogen-bond donors (Lipinski definition) is 0. The molecule has 1 unspecified atom stereocenters. The highest BCUT2D eigenvalue weighted by Gasteiger charge is 2.07. The van der Waals surface area contributed by atoms with Gasteiger partial charge in [-0.1, -0.05) is 91.4 Å². The monoisotopic (exact) mass is 416 g/mol. The Bertz CT molecular complexity index is 1220. The molecule has 4 rings (SSSR count). The molecule has 0 bridgehead atoms. The predicted octanol–water partition coefficient (Wildman–Crippen LogP) is 8.10. The van der Waals surface area contributed by atoms with Gasteiger partial charge in [0.2, 0.25) is 0 Å². The van der Waals surface area contributed by atoms with Crippen molar-refractivity contribution in [1.29, 1.82) is 0 Å². The van der Waals surface area contributed by atoms with E-state index in [9.17, 15) is 0 Å². The van der Waals surface area contributed by atoms with E-state index in [2.05, 4.69) is 97.7 Å². The van der Waals surface area contributed by atoms with Gasteiger partial charge in [0.05, 0.1) is 5.69 Å². The van der Waals surface area contributed by atoms with Gasteiger partial charge in [-0.05, 0) is 43.2 Å². The van der Waals surface area contributed by atoms with Crippen LogP contribution in [-0.2, 0) is 0 Å². The minimum Gasteiger partial charge on any atom is -0.260 e. The smallest absolute Gasteiger partial charge is 0.0702 e. The van der Waals surface area contributed by atoms with E-state index in [1.54, 1.807) is 0 Å². The Hall–Kier alpha value is -3.78. The fourth-order valence-electron chi connectivity index (χ4n) is 3.87. The Labute approximate surface area is 191 Å². The van der Waals surface area contributed by atoms with Crippen LogP contribution in [0.1, 0.15) is 32.4 Å². The van der Waals surface area contributed by atoms with Crippen molar-refractivity contribution in [1.82, 2.24) is 9.97 Å². The van der Waals surface area contributed by atoms with Crippen LogP contribution < -0.4 is 0 Å². The highest BCUT2D eigenvalue weighted by Crippen LogP contribution is 2.28. The summed E-state index contributed by atoms with van der Waals surface area (Å²) < 4.78 is 0. The number of allylic oxidation sites excluding steroid dienone is 4. The van der Waals surface area contributed by atoms with Crippen LogP contribution in [0.5, 0.6) is 0 Å². The molecule has 4 aromatic rings. The first-order valence-electron chi connectivity index (χ1n) is 11.0. The largest absolute Gasteiger partial charge is 0.260 e. The molecule has 2 heterocycles. The number of pyridine rings is 2. The van der Waals surface area contributed by atoms with Gasteiger partial charge in [-0.2, -0.15) is 0 Å². The molecule has 0 spiro atoms. The van der Waals surface area contributed by atoms with Gasteiger partial charge < -0.3 is 0 Å². The summed E-state index contributed by atoms with van der Waals surface area (Å²) in [5.41, 5.74) is 8.97. The third kappa shape index (κ3) is 5.09. The predicted molar refractivity (Wildman–Crippen MR) is 135 cm³/mol. The number of nitrogens with zero attached hydrogens (tertiary/aromatic N) is 2. The zero-order valence-electron chi connectivity index (χ0n) is 18.9. The van der Waals surface area contributed by atoms with Gasteiger partial charge in [-0.15, -0.1) is 0 Å². The SMILES string of the molecule is C/C=C\C(C)=C/C(C)c1ccc(-c2cccc(-c3ccc(-c4ccccc4)nc3)c2)cn1. The molecule has 158 valence electrons. The summed E-state index contributed by atoms with van der Waals surface area (Å²) in [6, 6.07) is 27.3. The number of hydrogen-bond acceptors (Lipinski definition) is 2. The fraction of sp³-hybridized carbons (Fsp3) is 0.133. The van der Waals surface area contributed by atoms with E-state index in [0.717, 1.165) is 39.2 Å². The number of benzene rings is 2. The van der Waals surface area contributed by atoms with Crippen molar-refractivity contribution in [2.45, 2.75) is 26.7 Å². The molecule has 0 aliphatic carbocycles. The van der Waals surface area contributed by atoms with E-state index in [-0.39, 0.29) is 5.92 Å². The van der Waals surface area contributed by atoms with Crippen molar-refractivity contribution in [2.75, 3.05) is 0 Å². The highest BCUT2D eigenvalue weighted by atomic mass is 14.7. The highest BCUT2D eigenvalue weighted by molar-refractivity contribution is 5.73. The minimum absolute atomic E-state index is 0.279. The first-order chi connectivity index (χ1) is 15.6. The Kier molecular flexibility index (Phi) is 6.72. The second-order valence-corrected chi connectivity index (χ2v) is 8.05. The van der Waals surface area contributed by atoms with Crippen molar-refractivity contribution in [3.05, 3.63) is 121 Å². The Morgan fingerprint density at radius 2 is 1.38 bits per heavy atom. The molecule has 0 aliphatic heterocycles. The Morgan fingerprint density at radius 3 is 1.97 bits per heavy atom. The summed E-state index contributed by atoms with van der Waals surface area (Å²) in [6.07, 6.45) is 10.4. The third-order valence-corrected chi connectivity index (χ3v) is 5.56. The van der Waals surface area contributed by atoms with Gasteiger partial charge in [-0.25, -0.2) is 0 Å². The third-order valence-electron chi connectivity index (χ3n) is 5.56. The lowest BCUT2D eigenvalue weighted by Gasteiger charge is -2.10. The lowest BCUT2D eigenvalue weighted by atomic mass is 9.99. The van der Waals surface area contributed by atoms with Crippen LogP contribution >= 0.6 is 0 Å². The molecule has 32 heavy (non-hydrogen) atoms. The Morgan fingerprint density at radius 1 is 0.719 bits per heavy atom. The maximum absolute atomic E-state index is 4.73. The molecular formula is C30H28N2. The first kappa shape index (κ1) is 21.5. The molecule has 2 nitrogen and oxygen atoms in total. The van der Waals surface area contributed by atoms with Crippen LogP contribution in [0.3, 0.4) is 0 Å². The zero-order valence-corrected chi connectivity index (χ0v) is 18.9. The molecule has 1 atom stereocenters. The minimum atomic E-state index is 0.279. The average molecular weight is 417 g/mol. The summed E-state index contributed by atoms with van der Waals surface area (Å²) in [6.45, 7) is 6.34. The second-order valence-electron chi connectivity index (χ2n) is 8.05. The van der Waals surface area contributed by atoms with Crippen LogP contribution in [0.25, 0.3) is 33.5 Å². The van der Waals surface area contributed by atoms with Crippen LogP contribution in [0.2, 0.25) is 0 Å². The summed E-state index contributed by atoms with van der Waals surface area (Å²) in [4.78, 5) is 9.41. The van der Waals surface area contributed by atoms with Gasteiger partial charge in [0.25, 0.3) is 0 Å². The molecule has 0 N–H and O–H groups in total. The molecule has 2 aromatic carbocycles. The lowest BCUT2D eigenvalue weighted by Crippen LogP contribution is -1.94. The van der Waals surface area contributed by atoms with Gasteiger partial charge in [0.1, 0.15) is 0 Å². The normalized spacial score (nSPS) is 12.8. The van der Waals surface area contributed by atoms with Gasteiger partial charge in [0.15, 0.2) is 0 Å². The molecule has 0 amide bonds. The molecule has 0 radical (unpaired) electrons. The van der Waals surface area contributed by atoms with Crippen LogP contribution in [0.15, 0.2) is 115 Å². The molecule has 0 saturated heterocycles. The molecule has 2 heteroatoms. The quantitative estimate of drug-likeness (QED) is 0.297. The van der Waals surface area contributed by atoms with Crippen molar-refractivity contribution < 1.29 is 0 Å². The van der Waals surface area contributed by atoms with Gasteiger partial charge in [0, 0.05) is 40.7 Å². The number of aromatic nitrogens is 2. The maximum Gasteiger partial charge on any atom is 0.0702 e. The van der Waals surface area contributed by atoms with Crippen molar-refractivity contribution in [2.24, 2.45) is 0 Å². The van der Waals surface area contributed by atoms with E-state index >= 15 is 0 Å². The van der Waals surface area contributed by atoms with E-state index in [0.29, 0.717) is 0 Å². The first-order valence-corrected chi connectivity index (χ1v) is 11.0. The average Bonchev–Trinajstić information content (AvgIpc) is 2.85. The van der Waals surface area contributed by atoms with Crippen LogP contribution in [0.4, 0.5) is 0 Å². The standard InChI is InChI=1S/C30H28N2/c1-4-9-22(2)18-23(3)29-16-14-27(20-31-29)25-12-8-13-26(19-25)28-15-17-30(32-21-28)24-10-6-5-7-11-24/h4-21,23H,1-3H3/b9-4-,22-18-. The van der Waals surface area contributed by atoms with E-state index in [1.807, 2.05) is 37.5 Å². The van der Waals surface area contributed by atoms with Crippen LogP contribution in [0, 0.1) is 0 Å². The van der Waals surface area contributed by atoms with Crippen molar-refractivity contribution >= 4 is 0 Å². The van der Waals surface area contributed by atoms with Crippen molar-refractivity contribution in [3.8, 4) is 33.5 Å². The molecule has 0 aliphatic rings. The Balaban J connectivity index is 1.55. The molecular weight excluding hydrogens is 388 g/mol. The van der Waals surface area contributed by atoms with E-state index in [1.165, 1.54) is 5.57 Å². The summed E-state index contributed by atoms with van der Waals surface area (Å²) in [7, 11) is 0. The lowest BCUT2D eigenvalue weighted by molar-refractivity contribution is 0.900. The number of rotatable bonds is 6. The summed E-state index contributed by atoms with van der Waals surface area (Å²) in [5.74, 6) is 0.279. The molecule has 0 saturated carbocycles. The van der Waals surface area contributed by atoms with Gasteiger partial charge in [-0.3, -0.25) is 9.97 Å². The second kappa shape index (κ2) is 10.0. The van der Waals surface area contributed by atoms with Gasteiger partial charge >= 0.3 is 0 Å². The summed E-state index contributed by atoms with van der Waals surface area (Å²) >= 11 is 0. The van der Waals surface area contributed by atoms with Crippen LogP contribution in [-0.4, -0.2) is 9.97 Å². The molecule has 2 aromatic heterocycles. The summed E-state index contributed by atoms with van der Waals surface area (Å²) in [5, 5.41) is 0. The zero-order chi connectivity index (χ0) is 22.3. The molecule has 0 fully saturated rings. The fourth-order valence-corrected chi connectivity index (χ4v) is 3.87.